The summed E-state index contributed by atoms with van der Waals surface area (Å²) in [4.78, 5) is 35.7. The zero-order valence-corrected chi connectivity index (χ0v) is 15.4. The highest BCUT2D eigenvalue weighted by Crippen LogP contribution is 2.26. The van der Waals surface area contributed by atoms with Crippen molar-refractivity contribution in [1.29, 1.82) is 0 Å². The highest BCUT2D eigenvalue weighted by Gasteiger charge is 2.20. The predicted octanol–water partition coefficient (Wildman–Crippen LogP) is 0.993. The van der Waals surface area contributed by atoms with Crippen molar-refractivity contribution < 1.29 is 23.8 Å². The van der Waals surface area contributed by atoms with Crippen molar-refractivity contribution in [3.05, 3.63) is 52.1 Å². The van der Waals surface area contributed by atoms with Gasteiger partial charge < -0.3 is 20.9 Å². The lowest BCUT2D eigenvalue weighted by Crippen LogP contribution is -2.33. The van der Waals surface area contributed by atoms with E-state index in [4.69, 9.17) is 10.5 Å². The lowest BCUT2D eigenvalue weighted by molar-refractivity contribution is -0.127. The molecule has 144 valence electrons. The third-order valence-electron chi connectivity index (χ3n) is 3.66. The van der Waals surface area contributed by atoms with E-state index < -0.39 is 36.0 Å². The fraction of sp³-hybridized carbons (Fsp3) is 0.235. The van der Waals surface area contributed by atoms with Crippen molar-refractivity contribution in [2.45, 2.75) is 11.0 Å². The normalized spacial score (nSPS) is 11.7. The molecule has 1 unspecified atom stereocenters. The van der Waals surface area contributed by atoms with Crippen molar-refractivity contribution in [2.24, 2.45) is 12.8 Å². The maximum absolute atomic E-state index is 14.3. The van der Waals surface area contributed by atoms with Gasteiger partial charge in [-0.3, -0.25) is 14.2 Å². The van der Waals surface area contributed by atoms with Crippen LogP contribution in [0.2, 0.25) is 0 Å². The number of pyridine rings is 1. The number of aliphatic hydroxyl groups excluding tert-OH is 1. The lowest BCUT2D eigenvalue weighted by Gasteiger charge is -2.16. The lowest BCUT2D eigenvalue weighted by atomic mass is 10.2. The Morgan fingerprint density at radius 3 is 2.67 bits per heavy atom. The molecular formula is C17H18FN3O5S. The molecule has 0 aliphatic heterocycles. The van der Waals surface area contributed by atoms with Gasteiger partial charge in [-0.2, -0.15) is 0 Å². The zero-order valence-electron chi connectivity index (χ0n) is 14.6. The standard InChI is InChI=1S/C17H18FN3O5S/c1-21-14(23)6-4-10(17(25)26-8-13(22)15(19)24)16(21)20-12-5-3-9(27-2)7-11(12)18/h3-7,13,20,22H,8H2,1-2H3,(H2,19,24). The number of hydrogen-bond acceptors (Lipinski definition) is 7. The highest BCUT2D eigenvalue weighted by molar-refractivity contribution is 7.98. The summed E-state index contributed by atoms with van der Waals surface area (Å²) >= 11 is 1.36. The molecule has 1 heterocycles. The number of primary amides is 1. The molecule has 0 aliphatic rings. The second-order valence-electron chi connectivity index (χ2n) is 5.48. The number of nitrogens with two attached hydrogens (primary N) is 1. The van der Waals surface area contributed by atoms with E-state index in [9.17, 15) is 23.9 Å². The summed E-state index contributed by atoms with van der Waals surface area (Å²) < 4.78 is 20.2. The summed E-state index contributed by atoms with van der Waals surface area (Å²) in [5.41, 5.74) is 4.43. The molecule has 0 spiro atoms. The van der Waals surface area contributed by atoms with E-state index in [2.05, 4.69) is 5.32 Å². The van der Waals surface area contributed by atoms with E-state index in [0.29, 0.717) is 4.90 Å². The van der Waals surface area contributed by atoms with Gasteiger partial charge in [0.15, 0.2) is 6.10 Å². The first-order valence-corrected chi connectivity index (χ1v) is 8.92. The van der Waals surface area contributed by atoms with Crippen molar-refractivity contribution in [2.75, 3.05) is 18.2 Å². The predicted molar refractivity (Wildman–Crippen MR) is 98.6 cm³/mol. The number of halogens is 1. The number of carbonyl (C=O) groups is 2. The van der Waals surface area contributed by atoms with Crippen LogP contribution in [0.3, 0.4) is 0 Å². The van der Waals surface area contributed by atoms with Crippen LogP contribution in [0, 0.1) is 5.82 Å². The molecule has 0 saturated carbocycles. The van der Waals surface area contributed by atoms with Crippen LogP contribution in [0.1, 0.15) is 10.4 Å². The molecule has 8 nitrogen and oxygen atoms in total. The average molecular weight is 395 g/mol. The number of nitrogens with zero attached hydrogens (tertiary/aromatic N) is 1. The molecule has 1 aromatic carbocycles. The van der Waals surface area contributed by atoms with Crippen LogP contribution >= 0.6 is 11.8 Å². The van der Waals surface area contributed by atoms with Crippen molar-refractivity contribution in [3.8, 4) is 0 Å². The molecule has 1 atom stereocenters. The Balaban J connectivity index is 2.35. The summed E-state index contributed by atoms with van der Waals surface area (Å²) in [6, 6.07) is 6.81. The summed E-state index contributed by atoms with van der Waals surface area (Å²) in [6.45, 7) is -0.646. The summed E-state index contributed by atoms with van der Waals surface area (Å²) in [6.07, 6.45) is 0.145. The van der Waals surface area contributed by atoms with Crippen LogP contribution in [0.4, 0.5) is 15.9 Å². The Morgan fingerprint density at radius 2 is 2.07 bits per heavy atom. The monoisotopic (exact) mass is 395 g/mol. The number of thioether (sulfide) groups is 1. The summed E-state index contributed by atoms with van der Waals surface area (Å²) in [5.74, 6) is -2.54. The molecule has 0 bridgehead atoms. The van der Waals surface area contributed by atoms with Crippen LogP contribution in [0.15, 0.2) is 40.0 Å². The number of anilines is 2. The van der Waals surface area contributed by atoms with Gasteiger partial charge in [-0.1, -0.05) is 0 Å². The molecule has 0 aliphatic carbocycles. The highest BCUT2D eigenvalue weighted by atomic mass is 32.2. The van der Waals surface area contributed by atoms with Gasteiger partial charge in [0.05, 0.1) is 5.69 Å². The number of rotatable bonds is 7. The molecule has 0 fully saturated rings. The van der Waals surface area contributed by atoms with Gasteiger partial charge in [-0.25, -0.2) is 9.18 Å². The minimum absolute atomic E-state index is 0.00290. The molecule has 0 saturated heterocycles. The van der Waals surface area contributed by atoms with Crippen molar-refractivity contribution in [1.82, 2.24) is 4.57 Å². The Hall–Kier alpha value is -2.85. The molecule has 27 heavy (non-hydrogen) atoms. The van der Waals surface area contributed by atoms with Gasteiger partial charge in [-0.05, 0) is 30.5 Å². The second kappa shape index (κ2) is 8.69. The van der Waals surface area contributed by atoms with E-state index in [1.165, 1.54) is 37.0 Å². The molecule has 2 rings (SSSR count). The summed E-state index contributed by atoms with van der Waals surface area (Å²) in [5, 5.41) is 12.1. The average Bonchev–Trinajstić information content (AvgIpc) is 2.64. The first-order valence-electron chi connectivity index (χ1n) is 7.69. The zero-order chi connectivity index (χ0) is 20.1. The molecule has 2 aromatic rings. The fourth-order valence-corrected chi connectivity index (χ4v) is 2.54. The Bertz CT molecular complexity index is 931. The summed E-state index contributed by atoms with van der Waals surface area (Å²) in [7, 11) is 1.40. The van der Waals surface area contributed by atoms with Gasteiger partial charge in [-0.15, -0.1) is 11.8 Å². The quantitative estimate of drug-likeness (QED) is 0.472. The number of hydrogen-bond donors (Lipinski definition) is 3. The maximum Gasteiger partial charge on any atom is 0.341 e. The number of aromatic nitrogens is 1. The smallest absolute Gasteiger partial charge is 0.341 e. The van der Waals surface area contributed by atoms with Gasteiger partial charge >= 0.3 is 5.97 Å². The molecule has 1 amide bonds. The SMILES string of the molecule is CSc1ccc(Nc2c(C(=O)OCC(O)C(N)=O)ccc(=O)n2C)c(F)c1. The topological polar surface area (TPSA) is 124 Å². The Morgan fingerprint density at radius 1 is 1.37 bits per heavy atom. The molecule has 10 heteroatoms. The first-order chi connectivity index (χ1) is 12.7. The van der Waals surface area contributed by atoms with Crippen LogP contribution in [0.25, 0.3) is 0 Å². The molecule has 1 aromatic heterocycles. The number of ether oxygens (including phenoxy) is 1. The van der Waals surface area contributed by atoms with E-state index in [0.717, 1.165) is 10.6 Å². The minimum Gasteiger partial charge on any atom is -0.459 e. The molecule has 0 radical (unpaired) electrons. The van der Waals surface area contributed by atoms with Crippen LogP contribution in [-0.4, -0.2) is 40.5 Å². The van der Waals surface area contributed by atoms with Crippen LogP contribution < -0.4 is 16.6 Å². The van der Waals surface area contributed by atoms with Gasteiger partial charge in [0, 0.05) is 18.0 Å². The van der Waals surface area contributed by atoms with Gasteiger partial charge in [0.25, 0.3) is 5.56 Å². The van der Waals surface area contributed by atoms with Crippen molar-refractivity contribution in [3.63, 3.8) is 0 Å². The number of aliphatic hydroxyl groups is 1. The number of benzene rings is 1. The fourth-order valence-electron chi connectivity index (χ4n) is 2.12. The van der Waals surface area contributed by atoms with Gasteiger partial charge in [0.1, 0.15) is 23.8 Å². The number of amides is 1. The second-order valence-corrected chi connectivity index (χ2v) is 6.36. The number of esters is 1. The molecular weight excluding hydrogens is 377 g/mol. The van der Waals surface area contributed by atoms with E-state index in [1.807, 2.05) is 0 Å². The largest absolute Gasteiger partial charge is 0.459 e. The Labute approximate surface area is 158 Å². The van der Waals surface area contributed by atoms with E-state index >= 15 is 0 Å². The number of nitrogens with one attached hydrogen (secondary N) is 1. The molecule has 4 N–H and O–H groups in total. The third-order valence-corrected chi connectivity index (χ3v) is 4.39. The van der Waals surface area contributed by atoms with E-state index in [1.54, 1.807) is 12.3 Å². The maximum atomic E-state index is 14.3. The Kier molecular flexibility index (Phi) is 6.59. The number of carbonyl (C=O) groups excluding carboxylic acids is 2. The van der Waals surface area contributed by atoms with Crippen LogP contribution in [0.5, 0.6) is 0 Å². The van der Waals surface area contributed by atoms with Crippen LogP contribution in [-0.2, 0) is 16.6 Å². The van der Waals surface area contributed by atoms with E-state index in [-0.39, 0.29) is 17.1 Å². The van der Waals surface area contributed by atoms with Gasteiger partial charge in [0.2, 0.25) is 5.91 Å². The minimum atomic E-state index is -1.66. The third kappa shape index (κ3) is 4.86. The van der Waals surface area contributed by atoms with Crippen molar-refractivity contribution >= 4 is 35.1 Å². The first kappa shape index (κ1) is 20.5.